The van der Waals surface area contributed by atoms with Gasteiger partial charge in [-0.15, -0.1) is 0 Å². The number of nitrogens with two attached hydrogens (primary N) is 1. The number of thiazole rings is 1. The number of nitrogens with zero attached hydrogens (tertiary/aromatic N) is 3. The van der Waals surface area contributed by atoms with E-state index in [9.17, 15) is 4.79 Å². The van der Waals surface area contributed by atoms with Gasteiger partial charge in [0.05, 0.1) is 0 Å². The standard InChI is InChI=1S/C13H21N5OS/c1-15-13-16-11(14)10(20-13)12(19)18-6-5-8-3-4-9(7-18)17(8)2/h8-9H,3-7,14H2,1-2H3,(H,15,16). The number of anilines is 2. The molecule has 3 N–H and O–H groups in total. The summed E-state index contributed by atoms with van der Waals surface area (Å²) in [4.78, 5) is 21.8. The molecule has 1 aromatic rings. The second-order valence-electron chi connectivity index (χ2n) is 5.57. The van der Waals surface area contributed by atoms with Crippen LogP contribution < -0.4 is 11.1 Å². The summed E-state index contributed by atoms with van der Waals surface area (Å²) >= 11 is 1.34. The van der Waals surface area contributed by atoms with Gasteiger partial charge >= 0.3 is 0 Å². The van der Waals surface area contributed by atoms with Gasteiger partial charge in [-0.2, -0.15) is 0 Å². The van der Waals surface area contributed by atoms with Crippen molar-refractivity contribution in [2.45, 2.75) is 31.3 Å². The molecule has 3 rings (SSSR count). The number of aromatic nitrogens is 1. The van der Waals surface area contributed by atoms with E-state index in [1.54, 1.807) is 7.05 Å². The van der Waals surface area contributed by atoms with Crippen molar-refractivity contribution in [3.63, 3.8) is 0 Å². The van der Waals surface area contributed by atoms with E-state index in [1.165, 1.54) is 24.2 Å². The Morgan fingerprint density at radius 1 is 1.40 bits per heavy atom. The summed E-state index contributed by atoms with van der Waals surface area (Å²) in [5.74, 6) is 0.370. The number of likely N-dealkylation sites (N-methyl/N-ethyl adjacent to an activating group) is 1. The highest BCUT2D eigenvalue weighted by Crippen LogP contribution is 2.31. The molecule has 3 heterocycles. The predicted octanol–water partition coefficient (Wildman–Crippen LogP) is 1.08. The molecule has 2 unspecified atom stereocenters. The van der Waals surface area contributed by atoms with Gasteiger partial charge in [0.2, 0.25) is 0 Å². The third kappa shape index (κ3) is 2.25. The van der Waals surface area contributed by atoms with Crippen LogP contribution in [0.2, 0.25) is 0 Å². The molecule has 0 aliphatic carbocycles. The molecule has 1 aromatic heterocycles. The Balaban J connectivity index is 1.78. The fraction of sp³-hybridized carbons (Fsp3) is 0.692. The van der Waals surface area contributed by atoms with Gasteiger partial charge in [0.25, 0.3) is 5.91 Å². The first-order valence-electron chi connectivity index (χ1n) is 7.05. The van der Waals surface area contributed by atoms with Crippen LogP contribution in [0.5, 0.6) is 0 Å². The number of carbonyl (C=O) groups is 1. The SMILES string of the molecule is CNc1nc(N)c(C(=O)N2CCC3CCC(C2)N3C)s1. The van der Waals surface area contributed by atoms with Crippen molar-refractivity contribution in [3.05, 3.63) is 4.88 Å². The Bertz CT molecular complexity index is 517. The highest BCUT2D eigenvalue weighted by molar-refractivity contribution is 7.18. The van der Waals surface area contributed by atoms with Crippen LogP contribution in [0.1, 0.15) is 28.9 Å². The third-order valence-electron chi connectivity index (χ3n) is 4.50. The molecule has 0 aromatic carbocycles. The van der Waals surface area contributed by atoms with Gasteiger partial charge in [0.15, 0.2) is 5.13 Å². The van der Waals surface area contributed by atoms with Gasteiger partial charge in [-0.05, 0) is 26.3 Å². The third-order valence-corrected chi connectivity index (χ3v) is 5.57. The topological polar surface area (TPSA) is 74.5 Å². The normalized spacial score (nSPS) is 26.6. The number of nitrogen functional groups attached to an aromatic ring is 1. The quantitative estimate of drug-likeness (QED) is 0.854. The van der Waals surface area contributed by atoms with Gasteiger partial charge in [-0.1, -0.05) is 11.3 Å². The molecule has 2 bridgehead atoms. The van der Waals surface area contributed by atoms with Crippen molar-refractivity contribution >= 4 is 28.2 Å². The smallest absolute Gasteiger partial charge is 0.267 e. The number of likely N-dealkylation sites (tertiary alicyclic amines) is 1. The summed E-state index contributed by atoms with van der Waals surface area (Å²) in [6, 6.07) is 1.12. The zero-order valence-corrected chi connectivity index (χ0v) is 12.7. The maximum absolute atomic E-state index is 12.7. The largest absolute Gasteiger partial charge is 0.382 e. The summed E-state index contributed by atoms with van der Waals surface area (Å²) < 4.78 is 0. The van der Waals surface area contributed by atoms with Crippen LogP contribution in [0.4, 0.5) is 10.9 Å². The fourth-order valence-corrected chi connectivity index (χ4v) is 4.03. The average molecular weight is 295 g/mol. The molecule has 0 saturated carbocycles. The minimum absolute atomic E-state index is 0.0300. The second-order valence-corrected chi connectivity index (χ2v) is 6.57. The summed E-state index contributed by atoms with van der Waals surface area (Å²) in [6.45, 7) is 1.62. The van der Waals surface area contributed by atoms with Crippen LogP contribution in [0.15, 0.2) is 0 Å². The Kier molecular flexibility index (Phi) is 3.55. The number of amides is 1. The first kappa shape index (κ1) is 13.6. The molecule has 110 valence electrons. The van der Waals surface area contributed by atoms with Crippen molar-refractivity contribution in [2.24, 2.45) is 0 Å². The van der Waals surface area contributed by atoms with Crippen LogP contribution in [0.25, 0.3) is 0 Å². The van der Waals surface area contributed by atoms with Gasteiger partial charge in [0.1, 0.15) is 10.7 Å². The number of hydrogen-bond acceptors (Lipinski definition) is 6. The lowest BCUT2D eigenvalue weighted by atomic mass is 10.1. The molecule has 1 amide bonds. The lowest BCUT2D eigenvalue weighted by molar-refractivity contribution is 0.0746. The van der Waals surface area contributed by atoms with E-state index >= 15 is 0 Å². The van der Waals surface area contributed by atoms with E-state index in [2.05, 4.69) is 22.2 Å². The number of nitrogens with one attached hydrogen (secondary N) is 1. The lowest BCUT2D eigenvalue weighted by Gasteiger charge is -2.25. The van der Waals surface area contributed by atoms with E-state index in [0.717, 1.165) is 19.5 Å². The fourth-order valence-electron chi connectivity index (χ4n) is 3.23. The molecular weight excluding hydrogens is 274 g/mol. The summed E-state index contributed by atoms with van der Waals surface area (Å²) in [7, 11) is 3.96. The van der Waals surface area contributed by atoms with Gasteiger partial charge in [-0.25, -0.2) is 4.98 Å². The van der Waals surface area contributed by atoms with Crippen molar-refractivity contribution in [2.75, 3.05) is 38.2 Å². The number of hydrogen-bond donors (Lipinski definition) is 2. The molecule has 2 aliphatic rings. The van der Waals surface area contributed by atoms with Crippen molar-refractivity contribution < 1.29 is 4.79 Å². The molecule has 20 heavy (non-hydrogen) atoms. The van der Waals surface area contributed by atoms with Crippen LogP contribution in [-0.4, -0.2) is 60.0 Å². The molecule has 2 fully saturated rings. The van der Waals surface area contributed by atoms with Crippen LogP contribution in [-0.2, 0) is 0 Å². The Morgan fingerprint density at radius 3 is 2.85 bits per heavy atom. The van der Waals surface area contributed by atoms with E-state index in [4.69, 9.17) is 5.73 Å². The van der Waals surface area contributed by atoms with Crippen LogP contribution >= 0.6 is 11.3 Å². The molecule has 0 spiro atoms. The second kappa shape index (κ2) is 5.21. The monoisotopic (exact) mass is 295 g/mol. The van der Waals surface area contributed by atoms with Crippen LogP contribution in [0, 0.1) is 0 Å². The van der Waals surface area contributed by atoms with E-state index in [0.29, 0.717) is 27.9 Å². The van der Waals surface area contributed by atoms with Crippen molar-refractivity contribution in [1.82, 2.24) is 14.8 Å². The Hall–Kier alpha value is -1.34. The zero-order valence-electron chi connectivity index (χ0n) is 11.9. The molecule has 6 nitrogen and oxygen atoms in total. The molecule has 2 atom stereocenters. The van der Waals surface area contributed by atoms with Crippen molar-refractivity contribution in [1.29, 1.82) is 0 Å². The van der Waals surface area contributed by atoms with Gasteiger partial charge in [-0.3, -0.25) is 9.69 Å². The zero-order chi connectivity index (χ0) is 14.3. The molecule has 7 heteroatoms. The molecule has 2 saturated heterocycles. The Labute approximate surface area is 123 Å². The van der Waals surface area contributed by atoms with E-state index in [-0.39, 0.29) is 5.91 Å². The summed E-state index contributed by atoms with van der Waals surface area (Å²) in [6.07, 6.45) is 3.50. The minimum Gasteiger partial charge on any atom is -0.382 e. The Morgan fingerprint density at radius 2 is 2.15 bits per heavy atom. The summed E-state index contributed by atoms with van der Waals surface area (Å²) in [5.41, 5.74) is 5.87. The minimum atomic E-state index is 0.0300. The maximum atomic E-state index is 12.7. The first-order chi connectivity index (χ1) is 9.60. The number of fused-ring (bicyclic) bond motifs is 2. The first-order valence-corrected chi connectivity index (χ1v) is 7.87. The summed E-state index contributed by atoms with van der Waals surface area (Å²) in [5, 5.41) is 3.63. The van der Waals surface area contributed by atoms with Gasteiger partial charge < -0.3 is 16.0 Å². The molecule has 0 radical (unpaired) electrons. The average Bonchev–Trinajstić information content (AvgIpc) is 2.90. The predicted molar refractivity (Wildman–Crippen MR) is 81.2 cm³/mol. The van der Waals surface area contributed by atoms with E-state index in [1.807, 2.05) is 4.90 Å². The maximum Gasteiger partial charge on any atom is 0.267 e. The highest BCUT2D eigenvalue weighted by atomic mass is 32.1. The van der Waals surface area contributed by atoms with Crippen LogP contribution in [0.3, 0.4) is 0 Å². The number of rotatable bonds is 2. The van der Waals surface area contributed by atoms with Crippen molar-refractivity contribution in [3.8, 4) is 0 Å². The molecule has 2 aliphatic heterocycles. The lowest BCUT2D eigenvalue weighted by Crippen LogP contribution is -2.39. The number of carbonyl (C=O) groups excluding carboxylic acids is 1. The molecular formula is C13H21N5OS. The van der Waals surface area contributed by atoms with E-state index < -0.39 is 0 Å². The van der Waals surface area contributed by atoms with Gasteiger partial charge in [0, 0.05) is 32.2 Å². The highest BCUT2D eigenvalue weighted by Gasteiger charge is 2.36.